The van der Waals surface area contributed by atoms with Crippen molar-refractivity contribution in [1.82, 2.24) is 4.90 Å². The van der Waals surface area contributed by atoms with Crippen LogP contribution in [0.25, 0.3) is 0 Å². The average molecular weight is 399 g/mol. The SMILES string of the molecule is CC1CCCN(C(N)=NC2CC(c3ccccc3)C2)C1.I. The van der Waals surface area contributed by atoms with Crippen molar-refractivity contribution in [2.24, 2.45) is 16.6 Å². The molecule has 2 fully saturated rings. The smallest absolute Gasteiger partial charge is 0.191 e. The molecule has 1 aromatic carbocycles. The molecule has 0 radical (unpaired) electrons. The van der Waals surface area contributed by atoms with Crippen LogP contribution in [0.2, 0.25) is 0 Å². The second kappa shape index (κ2) is 7.47. The van der Waals surface area contributed by atoms with Gasteiger partial charge in [-0.25, -0.2) is 4.99 Å². The number of nitrogens with two attached hydrogens (primary N) is 1. The van der Waals surface area contributed by atoms with E-state index < -0.39 is 0 Å². The molecule has 0 amide bonds. The topological polar surface area (TPSA) is 41.6 Å². The zero-order chi connectivity index (χ0) is 13.9. The van der Waals surface area contributed by atoms with Gasteiger partial charge in [-0.2, -0.15) is 0 Å². The molecule has 1 saturated heterocycles. The normalized spacial score (nSPS) is 29.5. The number of hydrogen-bond donors (Lipinski definition) is 1. The zero-order valence-corrected chi connectivity index (χ0v) is 15.1. The predicted octanol–water partition coefficient (Wildman–Crippen LogP) is 3.60. The van der Waals surface area contributed by atoms with E-state index in [2.05, 4.69) is 42.2 Å². The Bertz CT molecular complexity index is 468. The first-order valence-corrected chi connectivity index (χ1v) is 7.85. The van der Waals surface area contributed by atoms with Crippen LogP contribution in [0.1, 0.15) is 44.1 Å². The minimum Gasteiger partial charge on any atom is -0.370 e. The summed E-state index contributed by atoms with van der Waals surface area (Å²) < 4.78 is 0. The van der Waals surface area contributed by atoms with E-state index in [0.29, 0.717) is 12.0 Å². The first-order valence-electron chi connectivity index (χ1n) is 7.85. The number of likely N-dealkylation sites (tertiary alicyclic amines) is 1. The quantitative estimate of drug-likeness (QED) is 0.469. The molecule has 1 heterocycles. The Morgan fingerprint density at radius 3 is 2.62 bits per heavy atom. The Labute approximate surface area is 145 Å². The fourth-order valence-corrected chi connectivity index (χ4v) is 3.36. The maximum Gasteiger partial charge on any atom is 0.191 e. The van der Waals surface area contributed by atoms with Gasteiger partial charge in [0.2, 0.25) is 0 Å². The predicted molar refractivity (Wildman–Crippen MR) is 99.2 cm³/mol. The Morgan fingerprint density at radius 1 is 1.24 bits per heavy atom. The molecule has 1 atom stereocenters. The third-order valence-corrected chi connectivity index (χ3v) is 4.68. The molecule has 0 spiro atoms. The van der Waals surface area contributed by atoms with Gasteiger partial charge in [0.1, 0.15) is 0 Å². The highest BCUT2D eigenvalue weighted by Crippen LogP contribution is 2.38. The maximum atomic E-state index is 6.18. The number of nitrogens with zero attached hydrogens (tertiary/aromatic N) is 2. The number of piperidine rings is 1. The van der Waals surface area contributed by atoms with Crippen molar-refractivity contribution in [2.75, 3.05) is 13.1 Å². The average Bonchev–Trinajstić information content (AvgIpc) is 2.43. The summed E-state index contributed by atoms with van der Waals surface area (Å²) in [5, 5.41) is 0. The molecular weight excluding hydrogens is 373 g/mol. The third-order valence-electron chi connectivity index (χ3n) is 4.68. The molecule has 2 N–H and O–H groups in total. The van der Waals surface area contributed by atoms with Gasteiger partial charge in [0.25, 0.3) is 0 Å². The van der Waals surface area contributed by atoms with Crippen LogP contribution < -0.4 is 5.73 Å². The molecule has 116 valence electrons. The number of rotatable bonds is 2. The summed E-state index contributed by atoms with van der Waals surface area (Å²) in [4.78, 5) is 7.00. The van der Waals surface area contributed by atoms with Crippen LogP contribution in [0, 0.1) is 5.92 Å². The molecule has 2 aliphatic rings. The molecule has 3 rings (SSSR count). The van der Waals surface area contributed by atoms with Crippen LogP contribution in [0.3, 0.4) is 0 Å². The number of halogens is 1. The van der Waals surface area contributed by atoms with Gasteiger partial charge >= 0.3 is 0 Å². The summed E-state index contributed by atoms with van der Waals surface area (Å²) in [7, 11) is 0. The number of guanidine groups is 1. The summed E-state index contributed by atoms with van der Waals surface area (Å²) in [6, 6.07) is 11.2. The Kier molecular flexibility index (Phi) is 5.90. The molecule has 0 aromatic heterocycles. The third kappa shape index (κ3) is 4.11. The lowest BCUT2D eigenvalue weighted by Gasteiger charge is -2.36. The molecule has 4 heteroatoms. The van der Waals surface area contributed by atoms with Crippen molar-refractivity contribution < 1.29 is 0 Å². The van der Waals surface area contributed by atoms with E-state index in [9.17, 15) is 0 Å². The highest BCUT2D eigenvalue weighted by atomic mass is 127. The highest BCUT2D eigenvalue weighted by Gasteiger charge is 2.30. The second-order valence-electron chi connectivity index (χ2n) is 6.41. The van der Waals surface area contributed by atoms with Crippen molar-refractivity contribution in [3.05, 3.63) is 35.9 Å². The van der Waals surface area contributed by atoms with Gasteiger partial charge < -0.3 is 10.6 Å². The minimum absolute atomic E-state index is 0. The Balaban J connectivity index is 0.00000161. The van der Waals surface area contributed by atoms with Crippen LogP contribution in [0.4, 0.5) is 0 Å². The van der Waals surface area contributed by atoms with Crippen molar-refractivity contribution in [2.45, 2.75) is 44.6 Å². The van der Waals surface area contributed by atoms with Crippen LogP contribution in [-0.4, -0.2) is 30.0 Å². The molecule has 1 aliphatic carbocycles. The van der Waals surface area contributed by atoms with Gasteiger partial charge in [0, 0.05) is 13.1 Å². The number of hydrogen-bond acceptors (Lipinski definition) is 1. The standard InChI is InChI=1S/C17H25N3.HI/c1-13-6-5-9-20(12-13)17(18)19-16-10-15(11-16)14-7-3-2-4-8-14;/h2-4,7-8,13,15-16H,5-6,9-12H2,1H3,(H2,18,19);1H. The van der Waals surface area contributed by atoms with Gasteiger partial charge in [-0.05, 0) is 43.1 Å². The van der Waals surface area contributed by atoms with Gasteiger partial charge in [0.05, 0.1) is 6.04 Å². The summed E-state index contributed by atoms with van der Waals surface area (Å²) >= 11 is 0. The van der Waals surface area contributed by atoms with Crippen molar-refractivity contribution in [1.29, 1.82) is 0 Å². The van der Waals surface area contributed by atoms with Crippen molar-refractivity contribution in [3.8, 4) is 0 Å². The Morgan fingerprint density at radius 2 is 1.95 bits per heavy atom. The van der Waals surface area contributed by atoms with Gasteiger partial charge in [0.15, 0.2) is 5.96 Å². The van der Waals surface area contributed by atoms with E-state index in [1.165, 1.54) is 18.4 Å². The molecular formula is C17H26IN3. The minimum atomic E-state index is 0. The lowest BCUT2D eigenvalue weighted by Crippen LogP contribution is -2.44. The van der Waals surface area contributed by atoms with Crippen LogP contribution >= 0.6 is 24.0 Å². The van der Waals surface area contributed by atoms with Crippen molar-refractivity contribution in [3.63, 3.8) is 0 Å². The molecule has 1 unspecified atom stereocenters. The monoisotopic (exact) mass is 399 g/mol. The zero-order valence-electron chi connectivity index (χ0n) is 12.7. The molecule has 1 saturated carbocycles. The summed E-state index contributed by atoms with van der Waals surface area (Å²) in [5.41, 5.74) is 7.63. The first kappa shape index (κ1) is 16.6. The summed E-state index contributed by atoms with van der Waals surface area (Å²) in [6.07, 6.45) is 4.86. The van der Waals surface area contributed by atoms with Gasteiger partial charge in [-0.1, -0.05) is 37.3 Å². The lowest BCUT2D eigenvalue weighted by atomic mass is 9.76. The van der Waals surface area contributed by atoms with Gasteiger partial charge in [-0.3, -0.25) is 0 Å². The molecule has 0 bridgehead atoms. The molecule has 1 aromatic rings. The fraction of sp³-hybridized carbons (Fsp3) is 0.588. The first-order chi connectivity index (χ1) is 9.72. The van der Waals surface area contributed by atoms with Crippen LogP contribution in [0.15, 0.2) is 35.3 Å². The molecule has 21 heavy (non-hydrogen) atoms. The van der Waals surface area contributed by atoms with E-state index in [1.54, 1.807) is 0 Å². The van der Waals surface area contributed by atoms with E-state index in [4.69, 9.17) is 10.7 Å². The lowest BCUT2D eigenvalue weighted by molar-refractivity contribution is 0.265. The largest absolute Gasteiger partial charge is 0.370 e. The number of benzene rings is 1. The number of aliphatic imine (C=N–C) groups is 1. The van der Waals surface area contributed by atoms with Crippen LogP contribution in [-0.2, 0) is 0 Å². The van der Waals surface area contributed by atoms with Gasteiger partial charge in [-0.15, -0.1) is 24.0 Å². The highest BCUT2D eigenvalue weighted by molar-refractivity contribution is 14.0. The molecule has 3 nitrogen and oxygen atoms in total. The van der Waals surface area contributed by atoms with E-state index in [-0.39, 0.29) is 24.0 Å². The van der Waals surface area contributed by atoms with E-state index >= 15 is 0 Å². The maximum absolute atomic E-state index is 6.18. The second-order valence-corrected chi connectivity index (χ2v) is 6.41. The Hall–Kier alpha value is -0.780. The van der Waals surface area contributed by atoms with Crippen molar-refractivity contribution >= 4 is 29.9 Å². The summed E-state index contributed by atoms with van der Waals surface area (Å²) in [6.45, 7) is 4.45. The van der Waals surface area contributed by atoms with E-state index in [0.717, 1.165) is 37.8 Å². The van der Waals surface area contributed by atoms with E-state index in [1.807, 2.05) is 0 Å². The van der Waals surface area contributed by atoms with Crippen LogP contribution in [0.5, 0.6) is 0 Å². The molecule has 1 aliphatic heterocycles. The fourth-order valence-electron chi connectivity index (χ4n) is 3.36. The summed E-state index contributed by atoms with van der Waals surface area (Å²) in [5.74, 6) is 2.20.